The van der Waals surface area contributed by atoms with Gasteiger partial charge in [-0.1, -0.05) is 20.8 Å². The minimum atomic E-state index is -0.517. The topological polar surface area (TPSA) is 58.6 Å². The zero-order valence-corrected chi connectivity index (χ0v) is 11.8. The molecule has 0 radical (unpaired) electrons. The maximum absolute atomic E-state index is 11.8. The number of nitrogens with one attached hydrogen (secondary N) is 1. The number of ether oxygens (including phenoxy) is 1. The summed E-state index contributed by atoms with van der Waals surface area (Å²) in [5.41, 5.74) is 0.569. The molecule has 1 aromatic rings. The van der Waals surface area contributed by atoms with Crippen LogP contribution in [-0.2, 0) is 0 Å². The van der Waals surface area contributed by atoms with E-state index in [0.717, 1.165) is 12.2 Å². The Labute approximate surface area is 114 Å². The van der Waals surface area contributed by atoms with Crippen LogP contribution < -0.4 is 10.1 Å². The quantitative estimate of drug-likeness (QED) is 0.794. The van der Waals surface area contributed by atoms with Crippen molar-refractivity contribution in [1.82, 2.24) is 5.32 Å². The summed E-state index contributed by atoms with van der Waals surface area (Å²) in [6.07, 6.45) is 0.436. The third-order valence-corrected chi connectivity index (χ3v) is 2.83. The van der Waals surface area contributed by atoms with Crippen LogP contribution in [0.25, 0.3) is 0 Å². The summed E-state index contributed by atoms with van der Waals surface area (Å²) in [4.78, 5) is 11.8. The minimum absolute atomic E-state index is 0.130. The molecule has 0 aromatic heterocycles. The zero-order valence-electron chi connectivity index (χ0n) is 11.8. The third-order valence-electron chi connectivity index (χ3n) is 2.83. The lowest BCUT2D eigenvalue weighted by Gasteiger charge is -2.15. The van der Waals surface area contributed by atoms with E-state index in [-0.39, 0.29) is 18.4 Å². The SMILES string of the molecule is CCCOc1ccc(C(=O)NCC(O)C(C)C)cc1. The number of carbonyl (C=O) groups is 1. The van der Waals surface area contributed by atoms with Gasteiger partial charge in [0.1, 0.15) is 5.75 Å². The van der Waals surface area contributed by atoms with Crippen LogP contribution in [-0.4, -0.2) is 30.3 Å². The van der Waals surface area contributed by atoms with Crippen LogP contribution in [0.2, 0.25) is 0 Å². The third kappa shape index (κ3) is 5.30. The molecule has 19 heavy (non-hydrogen) atoms. The van der Waals surface area contributed by atoms with Crippen molar-refractivity contribution in [3.63, 3.8) is 0 Å². The van der Waals surface area contributed by atoms with Gasteiger partial charge in [0.2, 0.25) is 0 Å². The van der Waals surface area contributed by atoms with E-state index in [0.29, 0.717) is 12.2 Å². The van der Waals surface area contributed by atoms with E-state index >= 15 is 0 Å². The van der Waals surface area contributed by atoms with E-state index in [1.165, 1.54) is 0 Å². The lowest BCUT2D eigenvalue weighted by atomic mass is 10.1. The van der Waals surface area contributed by atoms with Crippen molar-refractivity contribution < 1.29 is 14.6 Å². The lowest BCUT2D eigenvalue weighted by Crippen LogP contribution is -2.34. The molecule has 0 spiro atoms. The standard InChI is InChI=1S/C15H23NO3/c1-4-9-19-13-7-5-12(6-8-13)15(18)16-10-14(17)11(2)3/h5-8,11,14,17H,4,9-10H2,1-3H3,(H,16,18). The Hall–Kier alpha value is -1.55. The van der Waals surface area contributed by atoms with Crippen molar-refractivity contribution in [3.8, 4) is 5.75 Å². The number of hydrogen-bond acceptors (Lipinski definition) is 3. The maximum Gasteiger partial charge on any atom is 0.251 e. The van der Waals surface area contributed by atoms with Gasteiger partial charge >= 0.3 is 0 Å². The van der Waals surface area contributed by atoms with Crippen LogP contribution in [0.5, 0.6) is 5.75 Å². The molecule has 106 valence electrons. The lowest BCUT2D eigenvalue weighted by molar-refractivity contribution is 0.0871. The number of benzene rings is 1. The van der Waals surface area contributed by atoms with E-state index in [4.69, 9.17) is 4.74 Å². The predicted molar refractivity (Wildman–Crippen MR) is 75.4 cm³/mol. The first-order chi connectivity index (χ1) is 9.04. The summed E-state index contributed by atoms with van der Waals surface area (Å²) in [6, 6.07) is 7.01. The fraction of sp³-hybridized carbons (Fsp3) is 0.533. The molecule has 4 heteroatoms. The van der Waals surface area contributed by atoms with Crippen LogP contribution in [0.4, 0.5) is 0 Å². The molecule has 0 fully saturated rings. The predicted octanol–water partition coefficient (Wildman–Crippen LogP) is 2.22. The molecule has 0 aliphatic rings. The first kappa shape index (κ1) is 15.5. The van der Waals surface area contributed by atoms with Crippen molar-refractivity contribution in [2.45, 2.75) is 33.3 Å². The molecule has 0 saturated heterocycles. The highest BCUT2D eigenvalue weighted by Crippen LogP contribution is 2.12. The summed E-state index contributed by atoms with van der Waals surface area (Å²) in [5, 5.41) is 12.3. The fourth-order valence-electron chi connectivity index (χ4n) is 1.46. The second kappa shape index (κ2) is 7.79. The Kier molecular flexibility index (Phi) is 6.36. The average Bonchev–Trinajstić information content (AvgIpc) is 2.42. The highest BCUT2D eigenvalue weighted by Gasteiger charge is 2.11. The van der Waals surface area contributed by atoms with Crippen LogP contribution in [0, 0.1) is 5.92 Å². The highest BCUT2D eigenvalue weighted by molar-refractivity contribution is 5.94. The van der Waals surface area contributed by atoms with Gasteiger partial charge in [-0.3, -0.25) is 4.79 Å². The molecule has 0 saturated carbocycles. The number of aliphatic hydroxyl groups excluding tert-OH is 1. The van der Waals surface area contributed by atoms with Crippen molar-refractivity contribution in [2.24, 2.45) is 5.92 Å². The van der Waals surface area contributed by atoms with Gasteiger partial charge in [-0.2, -0.15) is 0 Å². The largest absolute Gasteiger partial charge is 0.494 e. The molecule has 2 N–H and O–H groups in total. The normalized spacial score (nSPS) is 12.3. The number of rotatable bonds is 7. The number of carbonyl (C=O) groups excluding carboxylic acids is 1. The van der Waals surface area contributed by atoms with E-state index < -0.39 is 6.10 Å². The molecule has 1 atom stereocenters. The van der Waals surface area contributed by atoms with Crippen molar-refractivity contribution >= 4 is 5.91 Å². The van der Waals surface area contributed by atoms with Crippen molar-refractivity contribution in [2.75, 3.05) is 13.2 Å². The molecule has 1 rings (SSSR count). The summed E-state index contributed by atoms with van der Waals surface area (Å²) in [5.74, 6) is 0.715. The van der Waals surface area contributed by atoms with Crippen LogP contribution in [0.3, 0.4) is 0 Å². The van der Waals surface area contributed by atoms with Gasteiger partial charge in [-0.15, -0.1) is 0 Å². The Morgan fingerprint density at radius 3 is 2.47 bits per heavy atom. The average molecular weight is 265 g/mol. The fourth-order valence-corrected chi connectivity index (χ4v) is 1.46. The zero-order chi connectivity index (χ0) is 14.3. The van der Waals surface area contributed by atoms with E-state index in [1.807, 2.05) is 20.8 Å². The van der Waals surface area contributed by atoms with E-state index in [2.05, 4.69) is 5.32 Å². The molecular weight excluding hydrogens is 242 g/mol. The van der Waals surface area contributed by atoms with Gasteiger partial charge in [-0.25, -0.2) is 0 Å². The smallest absolute Gasteiger partial charge is 0.251 e. The van der Waals surface area contributed by atoms with Crippen molar-refractivity contribution in [1.29, 1.82) is 0 Å². The summed E-state index contributed by atoms with van der Waals surface area (Å²) in [6.45, 7) is 6.81. The van der Waals surface area contributed by atoms with Crippen LogP contribution >= 0.6 is 0 Å². The monoisotopic (exact) mass is 265 g/mol. The van der Waals surface area contributed by atoms with Crippen LogP contribution in [0.15, 0.2) is 24.3 Å². The van der Waals surface area contributed by atoms with E-state index in [9.17, 15) is 9.90 Å². The maximum atomic E-state index is 11.8. The molecule has 1 unspecified atom stereocenters. The Balaban J connectivity index is 2.48. The molecule has 0 aliphatic heterocycles. The molecule has 1 aromatic carbocycles. The number of amides is 1. The molecule has 0 heterocycles. The van der Waals surface area contributed by atoms with Gasteiger partial charge < -0.3 is 15.2 Å². The first-order valence-corrected chi connectivity index (χ1v) is 6.73. The van der Waals surface area contributed by atoms with Crippen molar-refractivity contribution in [3.05, 3.63) is 29.8 Å². The Bertz CT molecular complexity index is 387. The first-order valence-electron chi connectivity index (χ1n) is 6.73. The summed E-state index contributed by atoms with van der Waals surface area (Å²) >= 11 is 0. The molecular formula is C15H23NO3. The van der Waals surface area contributed by atoms with Gasteiger partial charge in [0.05, 0.1) is 12.7 Å². The van der Waals surface area contributed by atoms with Gasteiger partial charge in [0, 0.05) is 12.1 Å². The van der Waals surface area contributed by atoms with Gasteiger partial charge in [0.25, 0.3) is 5.91 Å². The number of aliphatic hydroxyl groups is 1. The number of hydrogen-bond donors (Lipinski definition) is 2. The molecule has 0 bridgehead atoms. The highest BCUT2D eigenvalue weighted by atomic mass is 16.5. The van der Waals surface area contributed by atoms with Crippen LogP contribution in [0.1, 0.15) is 37.6 Å². The molecule has 4 nitrogen and oxygen atoms in total. The Morgan fingerprint density at radius 2 is 1.95 bits per heavy atom. The van der Waals surface area contributed by atoms with Gasteiger partial charge in [0.15, 0.2) is 0 Å². The Morgan fingerprint density at radius 1 is 1.32 bits per heavy atom. The van der Waals surface area contributed by atoms with Gasteiger partial charge in [-0.05, 0) is 36.6 Å². The second-order valence-corrected chi connectivity index (χ2v) is 4.89. The van der Waals surface area contributed by atoms with E-state index in [1.54, 1.807) is 24.3 Å². The second-order valence-electron chi connectivity index (χ2n) is 4.89. The molecule has 0 aliphatic carbocycles. The molecule has 1 amide bonds. The summed E-state index contributed by atoms with van der Waals surface area (Å²) in [7, 11) is 0. The minimum Gasteiger partial charge on any atom is -0.494 e. The summed E-state index contributed by atoms with van der Waals surface area (Å²) < 4.78 is 5.45.